The molecule has 2 unspecified atom stereocenters. The fourth-order valence-corrected chi connectivity index (χ4v) is 5.77. The van der Waals surface area contributed by atoms with Crippen molar-refractivity contribution >= 4 is 11.9 Å². The fourth-order valence-electron chi connectivity index (χ4n) is 5.77. The maximum absolute atomic E-state index is 12.6. The van der Waals surface area contributed by atoms with Crippen LogP contribution in [0.3, 0.4) is 0 Å². The number of hydrogen-bond donors (Lipinski definition) is 4. The standard InChI is InChI=1S/C38H70O10/c1-3-5-7-9-11-13-14-15-16-17-18-19-21-22-24-26-33(40)45-29-31(47-34(41)27-25-23-20-12-10-8-6-4-2)30-46-38-37(44)36(43)35(42)32(28-39)48-38/h18-19,31-32,35-39,42-44H,3-17,20-30H2,1-2H3/b19-18+/t31-,32-,35+,36?,37?,38-/m0/s1. The number of ether oxygens (including phenoxy) is 4. The Labute approximate surface area is 291 Å². The second-order valence-corrected chi connectivity index (χ2v) is 13.4. The van der Waals surface area contributed by atoms with E-state index >= 15 is 0 Å². The first-order valence-electron chi connectivity index (χ1n) is 19.3. The Morgan fingerprint density at radius 2 is 1.10 bits per heavy atom. The minimum atomic E-state index is -1.59. The Morgan fingerprint density at radius 1 is 0.625 bits per heavy atom. The van der Waals surface area contributed by atoms with Crippen molar-refractivity contribution in [1.29, 1.82) is 0 Å². The number of aliphatic hydroxyl groups is 4. The summed E-state index contributed by atoms with van der Waals surface area (Å²) in [7, 11) is 0. The smallest absolute Gasteiger partial charge is 0.306 e. The lowest BCUT2D eigenvalue weighted by Gasteiger charge is -2.39. The van der Waals surface area contributed by atoms with Crippen molar-refractivity contribution in [3.05, 3.63) is 12.2 Å². The number of allylic oxidation sites excluding steroid dienone is 2. The molecule has 10 heteroatoms. The van der Waals surface area contributed by atoms with Gasteiger partial charge in [-0.3, -0.25) is 9.59 Å². The largest absolute Gasteiger partial charge is 0.462 e. The highest BCUT2D eigenvalue weighted by atomic mass is 16.7. The molecule has 4 N–H and O–H groups in total. The van der Waals surface area contributed by atoms with E-state index in [4.69, 9.17) is 18.9 Å². The first-order chi connectivity index (χ1) is 23.3. The third kappa shape index (κ3) is 22.2. The van der Waals surface area contributed by atoms with Gasteiger partial charge >= 0.3 is 11.9 Å². The summed E-state index contributed by atoms with van der Waals surface area (Å²) in [5.74, 6) is -0.834. The van der Waals surface area contributed by atoms with Crippen molar-refractivity contribution in [3.8, 4) is 0 Å². The van der Waals surface area contributed by atoms with Gasteiger partial charge in [-0.15, -0.1) is 0 Å². The molecule has 1 aliphatic heterocycles. The van der Waals surface area contributed by atoms with Crippen molar-refractivity contribution in [2.45, 2.75) is 198 Å². The third-order valence-electron chi connectivity index (χ3n) is 8.90. The van der Waals surface area contributed by atoms with Crippen LogP contribution >= 0.6 is 0 Å². The molecular formula is C38H70O10. The van der Waals surface area contributed by atoms with E-state index in [0.29, 0.717) is 12.8 Å². The van der Waals surface area contributed by atoms with Crippen LogP contribution in [0.15, 0.2) is 12.2 Å². The van der Waals surface area contributed by atoms with E-state index in [-0.39, 0.29) is 26.1 Å². The topological polar surface area (TPSA) is 152 Å². The van der Waals surface area contributed by atoms with Gasteiger partial charge in [0.25, 0.3) is 0 Å². The summed E-state index contributed by atoms with van der Waals surface area (Å²) in [6.07, 6.45) is 21.0. The molecule has 48 heavy (non-hydrogen) atoms. The maximum Gasteiger partial charge on any atom is 0.306 e. The van der Waals surface area contributed by atoms with Crippen LogP contribution in [0, 0.1) is 0 Å². The number of esters is 2. The lowest BCUT2D eigenvalue weighted by molar-refractivity contribution is -0.305. The summed E-state index contributed by atoms with van der Waals surface area (Å²) in [4.78, 5) is 25.0. The zero-order valence-corrected chi connectivity index (χ0v) is 30.2. The Bertz CT molecular complexity index is 804. The average molecular weight is 687 g/mol. The van der Waals surface area contributed by atoms with Gasteiger partial charge in [0.15, 0.2) is 12.4 Å². The van der Waals surface area contributed by atoms with Gasteiger partial charge in [0.05, 0.1) is 13.2 Å². The molecule has 282 valence electrons. The fraction of sp³-hybridized carbons (Fsp3) is 0.895. The van der Waals surface area contributed by atoms with Crippen LogP contribution in [-0.2, 0) is 28.5 Å². The highest BCUT2D eigenvalue weighted by Gasteiger charge is 2.44. The lowest BCUT2D eigenvalue weighted by atomic mass is 9.99. The van der Waals surface area contributed by atoms with Crippen molar-refractivity contribution in [2.24, 2.45) is 0 Å². The minimum absolute atomic E-state index is 0.224. The highest BCUT2D eigenvalue weighted by Crippen LogP contribution is 2.22. The molecule has 0 bridgehead atoms. The number of unbranched alkanes of at least 4 members (excludes halogenated alkanes) is 18. The molecule has 6 atom stereocenters. The van der Waals surface area contributed by atoms with Crippen LogP contribution in [0.4, 0.5) is 0 Å². The van der Waals surface area contributed by atoms with Crippen LogP contribution in [0.2, 0.25) is 0 Å². The molecule has 1 heterocycles. The molecule has 0 amide bonds. The molecule has 0 radical (unpaired) electrons. The molecule has 0 aromatic carbocycles. The summed E-state index contributed by atoms with van der Waals surface area (Å²) in [6.45, 7) is 3.35. The van der Waals surface area contributed by atoms with E-state index in [0.717, 1.165) is 38.5 Å². The summed E-state index contributed by atoms with van der Waals surface area (Å²) < 4.78 is 22.0. The van der Waals surface area contributed by atoms with Crippen LogP contribution in [-0.4, -0.2) is 89.0 Å². The van der Waals surface area contributed by atoms with Crippen molar-refractivity contribution in [2.75, 3.05) is 19.8 Å². The monoisotopic (exact) mass is 686 g/mol. The predicted octanol–water partition coefficient (Wildman–Crippen LogP) is 6.83. The van der Waals surface area contributed by atoms with Gasteiger partial charge < -0.3 is 39.4 Å². The number of carbonyl (C=O) groups excluding carboxylic acids is 2. The van der Waals surface area contributed by atoms with Gasteiger partial charge in [-0.05, 0) is 38.5 Å². The van der Waals surface area contributed by atoms with Gasteiger partial charge in [-0.2, -0.15) is 0 Å². The SMILES string of the molecule is CCCCCCCCCCC/C=C/CCCCC(=O)OC[C@@H](CO[C@H]1O[C@@H](CO)[C@@H](O)C(O)C1O)OC(=O)CCCCCCCCCC. The van der Waals surface area contributed by atoms with E-state index in [9.17, 15) is 30.0 Å². The second-order valence-electron chi connectivity index (χ2n) is 13.4. The third-order valence-corrected chi connectivity index (χ3v) is 8.90. The maximum atomic E-state index is 12.6. The van der Waals surface area contributed by atoms with Gasteiger partial charge in [-0.25, -0.2) is 0 Å². The summed E-state index contributed by atoms with van der Waals surface area (Å²) >= 11 is 0. The van der Waals surface area contributed by atoms with Crippen LogP contribution in [0.5, 0.6) is 0 Å². The van der Waals surface area contributed by atoms with Gasteiger partial charge in [-0.1, -0.05) is 122 Å². The average Bonchev–Trinajstić information content (AvgIpc) is 3.08. The molecule has 10 nitrogen and oxygen atoms in total. The van der Waals surface area contributed by atoms with E-state index < -0.39 is 55.4 Å². The van der Waals surface area contributed by atoms with Gasteiger partial charge in [0, 0.05) is 12.8 Å². The second kappa shape index (κ2) is 30.3. The van der Waals surface area contributed by atoms with Crippen molar-refractivity contribution in [1.82, 2.24) is 0 Å². The number of rotatable bonds is 31. The summed E-state index contributed by atoms with van der Waals surface area (Å²) in [5, 5.41) is 39.8. The summed E-state index contributed by atoms with van der Waals surface area (Å²) in [5.41, 5.74) is 0. The molecule has 1 aliphatic rings. The zero-order chi connectivity index (χ0) is 35.2. The van der Waals surface area contributed by atoms with Crippen LogP contribution in [0.25, 0.3) is 0 Å². The Balaban J connectivity index is 2.38. The minimum Gasteiger partial charge on any atom is -0.462 e. The molecule has 0 aromatic rings. The number of carbonyl (C=O) groups is 2. The Kier molecular flexibility index (Phi) is 28.0. The van der Waals surface area contributed by atoms with Crippen LogP contribution in [0.1, 0.15) is 162 Å². The molecule has 1 fully saturated rings. The number of hydrogen-bond acceptors (Lipinski definition) is 10. The normalized spacial score (nSPS) is 21.8. The first kappa shape index (κ1) is 44.5. The molecule has 0 saturated carbocycles. The quantitative estimate of drug-likeness (QED) is 0.0347. The van der Waals surface area contributed by atoms with Gasteiger partial charge in [0.1, 0.15) is 31.0 Å². The van der Waals surface area contributed by atoms with E-state index in [1.165, 1.54) is 83.5 Å². The predicted molar refractivity (Wildman–Crippen MR) is 187 cm³/mol. The molecule has 1 rings (SSSR count). The van der Waals surface area contributed by atoms with Crippen LogP contribution < -0.4 is 0 Å². The van der Waals surface area contributed by atoms with Crippen molar-refractivity contribution in [3.63, 3.8) is 0 Å². The molecule has 0 aromatic heterocycles. The van der Waals surface area contributed by atoms with Crippen molar-refractivity contribution < 1.29 is 49.0 Å². The first-order valence-corrected chi connectivity index (χ1v) is 19.3. The Morgan fingerprint density at radius 3 is 1.67 bits per heavy atom. The van der Waals surface area contributed by atoms with E-state index in [1.807, 2.05) is 0 Å². The summed E-state index contributed by atoms with van der Waals surface area (Å²) in [6, 6.07) is 0. The van der Waals surface area contributed by atoms with E-state index in [2.05, 4.69) is 26.0 Å². The van der Waals surface area contributed by atoms with Gasteiger partial charge in [0.2, 0.25) is 0 Å². The highest BCUT2D eigenvalue weighted by molar-refractivity contribution is 5.70. The molecular weight excluding hydrogens is 616 g/mol. The molecule has 0 spiro atoms. The lowest BCUT2D eigenvalue weighted by Crippen LogP contribution is -2.59. The van der Waals surface area contributed by atoms with E-state index in [1.54, 1.807) is 0 Å². The number of aliphatic hydroxyl groups excluding tert-OH is 4. The Hall–Kier alpha value is -1.56. The zero-order valence-electron chi connectivity index (χ0n) is 30.2. The molecule has 1 saturated heterocycles. The molecule has 0 aliphatic carbocycles.